The lowest BCUT2D eigenvalue weighted by Crippen LogP contribution is -2.18. The Morgan fingerprint density at radius 1 is 1.56 bits per heavy atom. The van der Waals surface area contributed by atoms with Crippen molar-refractivity contribution in [1.82, 2.24) is 0 Å². The lowest BCUT2D eigenvalue weighted by Gasteiger charge is -2.09. The van der Waals surface area contributed by atoms with Crippen LogP contribution in [0.3, 0.4) is 0 Å². The van der Waals surface area contributed by atoms with Crippen LogP contribution in [0.2, 0.25) is 5.02 Å². The molecule has 0 radical (unpaired) electrons. The molecule has 1 aromatic rings. The molecule has 0 N–H and O–H groups in total. The number of ether oxygens (including phenoxy) is 1. The third-order valence-electron chi connectivity index (χ3n) is 2.43. The van der Waals surface area contributed by atoms with Crippen molar-refractivity contribution in [3.8, 4) is 5.75 Å². The van der Waals surface area contributed by atoms with Gasteiger partial charge >= 0.3 is 0 Å². The second-order valence-electron chi connectivity index (χ2n) is 3.64. The van der Waals surface area contributed by atoms with E-state index < -0.39 is 5.82 Å². The van der Waals surface area contributed by atoms with E-state index in [4.69, 9.17) is 16.3 Å². The van der Waals surface area contributed by atoms with Crippen molar-refractivity contribution >= 4 is 17.4 Å². The van der Waals surface area contributed by atoms with Gasteiger partial charge in [-0.2, -0.15) is 0 Å². The average molecular weight is 245 g/mol. The number of Topliss-reactive ketones (excluding diaryl/α,β-unsaturated/α-hetero) is 1. The minimum absolute atomic E-state index is 0.0119. The standard InChI is InChI=1S/C12H14ClFO2/c1-3-8(2)12(15)7-16-9-4-5-10(13)11(14)6-9/h4-6,8H,3,7H2,1-2H3. The van der Waals surface area contributed by atoms with Crippen molar-refractivity contribution in [1.29, 1.82) is 0 Å². The largest absolute Gasteiger partial charge is 0.486 e. The summed E-state index contributed by atoms with van der Waals surface area (Å²) < 4.78 is 18.2. The van der Waals surface area contributed by atoms with Crippen molar-refractivity contribution in [3.63, 3.8) is 0 Å². The van der Waals surface area contributed by atoms with E-state index in [0.717, 1.165) is 6.42 Å². The van der Waals surface area contributed by atoms with Gasteiger partial charge in [-0.1, -0.05) is 25.4 Å². The van der Waals surface area contributed by atoms with Gasteiger partial charge in [0.2, 0.25) is 0 Å². The van der Waals surface area contributed by atoms with Crippen LogP contribution in [0.4, 0.5) is 4.39 Å². The van der Waals surface area contributed by atoms with Crippen molar-refractivity contribution in [2.24, 2.45) is 5.92 Å². The van der Waals surface area contributed by atoms with Crippen LogP contribution in [0.25, 0.3) is 0 Å². The SMILES string of the molecule is CCC(C)C(=O)COc1ccc(Cl)c(F)c1. The maximum Gasteiger partial charge on any atom is 0.172 e. The van der Waals surface area contributed by atoms with Gasteiger partial charge in [0.25, 0.3) is 0 Å². The van der Waals surface area contributed by atoms with Crippen molar-refractivity contribution in [3.05, 3.63) is 29.0 Å². The van der Waals surface area contributed by atoms with Crippen LogP contribution in [0.1, 0.15) is 20.3 Å². The molecule has 16 heavy (non-hydrogen) atoms. The molecule has 2 nitrogen and oxygen atoms in total. The molecule has 0 aliphatic heterocycles. The van der Waals surface area contributed by atoms with Gasteiger partial charge in [-0.05, 0) is 18.6 Å². The molecule has 0 spiro atoms. The fourth-order valence-corrected chi connectivity index (χ4v) is 1.21. The van der Waals surface area contributed by atoms with Gasteiger partial charge in [-0.15, -0.1) is 0 Å². The van der Waals surface area contributed by atoms with Gasteiger partial charge in [-0.3, -0.25) is 4.79 Å². The van der Waals surface area contributed by atoms with E-state index >= 15 is 0 Å². The van der Waals surface area contributed by atoms with E-state index in [1.54, 1.807) is 0 Å². The Labute approximate surface area is 99.4 Å². The number of ketones is 1. The van der Waals surface area contributed by atoms with Gasteiger partial charge in [-0.25, -0.2) is 4.39 Å². The third kappa shape index (κ3) is 3.49. The molecule has 0 saturated carbocycles. The van der Waals surface area contributed by atoms with E-state index in [1.807, 2.05) is 13.8 Å². The van der Waals surface area contributed by atoms with Crippen LogP contribution in [-0.2, 0) is 4.79 Å². The Bertz CT molecular complexity index is 379. The Hall–Kier alpha value is -1.09. The molecule has 0 aliphatic rings. The molecule has 1 rings (SSSR count). The smallest absolute Gasteiger partial charge is 0.172 e. The predicted octanol–water partition coefficient (Wildman–Crippen LogP) is 3.47. The number of hydrogen-bond acceptors (Lipinski definition) is 2. The van der Waals surface area contributed by atoms with Crippen LogP contribution in [0.15, 0.2) is 18.2 Å². The number of carbonyl (C=O) groups is 1. The molecule has 0 amide bonds. The van der Waals surface area contributed by atoms with E-state index in [2.05, 4.69) is 0 Å². The summed E-state index contributed by atoms with van der Waals surface area (Å²) in [5.41, 5.74) is 0. The molecule has 88 valence electrons. The number of hydrogen-bond donors (Lipinski definition) is 0. The summed E-state index contributed by atoms with van der Waals surface area (Å²) in [6.07, 6.45) is 0.775. The molecule has 0 fully saturated rings. The van der Waals surface area contributed by atoms with E-state index in [-0.39, 0.29) is 23.3 Å². The highest BCUT2D eigenvalue weighted by atomic mass is 35.5. The van der Waals surface area contributed by atoms with Gasteiger partial charge in [0.15, 0.2) is 5.78 Å². The van der Waals surface area contributed by atoms with Crippen LogP contribution >= 0.6 is 11.6 Å². The molecular formula is C12H14ClFO2. The predicted molar refractivity (Wildman–Crippen MR) is 61.4 cm³/mol. The highest BCUT2D eigenvalue weighted by molar-refractivity contribution is 6.30. The van der Waals surface area contributed by atoms with E-state index in [9.17, 15) is 9.18 Å². The van der Waals surface area contributed by atoms with Crippen LogP contribution in [0.5, 0.6) is 5.75 Å². The second-order valence-corrected chi connectivity index (χ2v) is 4.05. The minimum Gasteiger partial charge on any atom is -0.486 e. The Balaban J connectivity index is 2.55. The third-order valence-corrected chi connectivity index (χ3v) is 2.74. The molecule has 0 aliphatic carbocycles. The lowest BCUT2D eigenvalue weighted by atomic mass is 10.1. The summed E-state index contributed by atoms with van der Waals surface area (Å²) in [5.74, 6) is -0.247. The first-order valence-corrected chi connectivity index (χ1v) is 5.53. The van der Waals surface area contributed by atoms with Gasteiger partial charge < -0.3 is 4.74 Å². The zero-order chi connectivity index (χ0) is 12.1. The molecule has 0 saturated heterocycles. The Morgan fingerprint density at radius 3 is 2.81 bits per heavy atom. The quantitative estimate of drug-likeness (QED) is 0.793. The molecule has 0 heterocycles. The molecule has 1 atom stereocenters. The van der Waals surface area contributed by atoms with E-state index in [1.165, 1.54) is 18.2 Å². The van der Waals surface area contributed by atoms with Crippen molar-refractivity contribution in [2.75, 3.05) is 6.61 Å². The van der Waals surface area contributed by atoms with Gasteiger partial charge in [0.05, 0.1) is 5.02 Å². The first-order valence-electron chi connectivity index (χ1n) is 5.15. The average Bonchev–Trinajstić information content (AvgIpc) is 2.29. The summed E-state index contributed by atoms with van der Waals surface area (Å²) in [7, 11) is 0. The molecule has 1 unspecified atom stereocenters. The summed E-state index contributed by atoms with van der Waals surface area (Å²) in [5, 5.41) is 0.0422. The zero-order valence-corrected chi connectivity index (χ0v) is 10.1. The highest BCUT2D eigenvalue weighted by Gasteiger charge is 2.11. The van der Waals surface area contributed by atoms with Gasteiger partial charge in [0.1, 0.15) is 18.2 Å². The summed E-state index contributed by atoms with van der Waals surface area (Å²) in [6, 6.07) is 4.11. The fourth-order valence-electron chi connectivity index (χ4n) is 1.09. The molecule has 4 heteroatoms. The maximum atomic E-state index is 13.0. The topological polar surface area (TPSA) is 26.3 Å². The lowest BCUT2D eigenvalue weighted by molar-refractivity contribution is -0.124. The van der Waals surface area contributed by atoms with Crippen molar-refractivity contribution in [2.45, 2.75) is 20.3 Å². The van der Waals surface area contributed by atoms with Crippen LogP contribution in [0, 0.1) is 11.7 Å². The molecule has 0 aromatic heterocycles. The Kier molecular flexibility index (Phi) is 4.74. The number of rotatable bonds is 5. The first kappa shape index (κ1) is 13.0. The van der Waals surface area contributed by atoms with Crippen LogP contribution < -0.4 is 4.74 Å². The molecular weight excluding hydrogens is 231 g/mol. The van der Waals surface area contributed by atoms with E-state index in [0.29, 0.717) is 5.75 Å². The highest BCUT2D eigenvalue weighted by Crippen LogP contribution is 2.20. The minimum atomic E-state index is -0.546. The van der Waals surface area contributed by atoms with Crippen molar-refractivity contribution < 1.29 is 13.9 Å². The monoisotopic (exact) mass is 244 g/mol. The summed E-state index contributed by atoms with van der Waals surface area (Å²) >= 11 is 5.52. The zero-order valence-electron chi connectivity index (χ0n) is 9.30. The maximum absolute atomic E-state index is 13.0. The summed E-state index contributed by atoms with van der Waals surface area (Å²) in [6.45, 7) is 3.74. The first-order chi connectivity index (χ1) is 7.54. The van der Waals surface area contributed by atoms with Crippen LogP contribution in [-0.4, -0.2) is 12.4 Å². The normalized spacial score (nSPS) is 12.2. The molecule has 0 bridgehead atoms. The van der Waals surface area contributed by atoms with Gasteiger partial charge in [0, 0.05) is 12.0 Å². The number of carbonyl (C=O) groups excluding carboxylic acids is 1. The summed E-state index contributed by atoms with van der Waals surface area (Å²) in [4.78, 5) is 11.5. The number of halogens is 2. The Morgan fingerprint density at radius 2 is 2.25 bits per heavy atom. The second kappa shape index (κ2) is 5.85. The molecule has 1 aromatic carbocycles. The fraction of sp³-hybridized carbons (Fsp3) is 0.417. The number of benzene rings is 1.